The number of rotatable bonds is 0. The molecule has 0 spiro atoms. The van der Waals surface area contributed by atoms with Crippen LogP contribution in [-0.4, -0.2) is 13.2 Å². The molecule has 1 heterocycles. The van der Waals surface area contributed by atoms with Crippen LogP contribution in [0.4, 0.5) is 0 Å². The number of benzene rings is 1. The Kier molecular flexibility index (Phi) is 3.10. The van der Waals surface area contributed by atoms with Crippen LogP contribution in [0.1, 0.15) is 35.8 Å². The SMILES string of the molecule is Clc1cc2c(c3c1CCCC3Cl)OCCCO2. The van der Waals surface area contributed by atoms with Gasteiger partial charge in [0.2, 0.25) is 0 Å². The summed E-state index contributed by atoms with van der Waals surface area (Å²) < 4.78 is 11.5. The maximum absolute atomic E-state index is 6.42. The molecule has 0 N–H and O–H groups in total. The van der Waals surface area contributed by atoms with Gasteiger partial charge >= 0.3 is 0 Å². The Morgan fingerprint density at radius 3 is 2.88 bits per heavy atom. The molecule has 1 aromatic rings. The van der Waals surface area contributed by atoms with Crippen LogP contribution < -0.4 is 9.47 Å². The average molecular weight is 273 g/mol. The Morgan fingerprint density at radius 1 is 1.18 bits per heavy atom. The summed E-state index contributed by atoms with van der Waals surface area (Å²) in [4.78, 5) is 0. The van der Waals surface area contributed by atoms with E-state index in [1.807, 2.05) is 6.07 Å². The van der Waals surface area contributed by atoms with Gasteiger partial charge in [-0.3, -0.25) is 0 Å². The van der Waals surface area contributed by atoms with Gasteiger partial charge in [-0.15, -0.1) is 11.6 Å². The zero-order valence-electron chi connectivity index (χ0n) is 9.47. The fraction of sp³-hybridized carbons (Fsp3) is 0.538. The summed E-state index contributed by atoms with van der Waals surface area (Å²) in [5.74, 6) is 1.57. The van der Waals surface area contributed by atoms with Crippen molar-refractivity contribution in [2.24, 2.45) is 0 Å². The van der Waals surface area contributed by atoms with Crippen molar-refractivity contribution in [1.29, 1.82) is 0 Å². The molecule has 17 heavy (non-hydrogen) atoms. The number of fused-ring (bicyclic) bond motifs is 3. The third kappa shape index (κ3) is 1.98. The van der Waals surface area contributed by atoms with Crippen molar-refractivity contribution in [3.05, 3.63) is 22.2 Å². The highest BCUT2D eigenvalue weighted by Crippen LogP contribution is 2.48. The van der Waals surface area contributed by atoms with E-state index >= 15 is 0 Å². The molecule has 2 aliphatic rings. The van der Waals surface area contributed by atoms with Crippen LogP contribution in [0, 0.1) is 0 Å². The van der Waals surface area contributed by atoms with Gasteiger partial charge in [0.05, 0.1) is 18.6 Å². The van der Waals surface area contributed by atoms with Gasteiger partial charge in [-0.2, -0.15) is 0 Å². The minimum atomic E-state index is -0.00657. The molecule has 1 aliphatic heterocycles. The molecule has 0 saturated carbocycles. The van der Waals surface area contributed by atoms with E-state index in [1.165, 1.54) is 0 Å². The van der Waals surface area contributed by atoms with Crippen LogP contribution in [0.3, 0.4) is 0 Å². The summed E-state index contributed by atoms with van der Waals surface area (Å²) >= 11 is 12.7. The van der Waals surface area contributed by atoms with Crippen molar-refractivity contribution in [2.45, 2.75) is 31.1 Å². The lowest BCUT2D eigenvalue weighted by Gasteiger charge is -2.25. The molecule has 0 aromatic heterocycles. The molecule has 1 aromatic carbocycles. The van der Waals surface area contributed by atoms with Crippen molar-refractivity contribution in [3.63, 3.8) is 0 Å². The summed E-state index contributed by atoms with van der Waals surface area (Å²) in [6.07, 6.45) is 3.94. The number of hydrogen-bond acceptors (Lipinski definition) is 2. The van der Waals surface area contributed by atoms with E-state index in [4.69, 9.17) is 32.7 Å². The summed E-state index contributed by atoms with van der Waals surface area (Å²) in [5.41, 5.74) is 2.20. The third-order valence-corrected chi connectivity index (χ3v) is 4.10. The van der Waals surface area contributed by atoms with E-state index in [1.54, 1.807) is 0 Å². The highest BCUT2D eigenvalue weighted by atomic mass is 35.5. The largest absolute Gasteiger partial charge is 0.489 e. The molecular formula is C13H14Cl2O2. The lowest BCUT2D eigenvalue weighted by atomic mass is 9.90. The predicted octanol–water partition coefficient (Wildman–Crippen LogP) is 4.12. The number of halogens is 2. The lowest BCUT2D eigenvalue weighted by molar-refractivity contribution is 0.295. The van der Waals surface area contributed by atoms with E-state index in [2.05, 4.69) is 0 Å². The van der Waals surface area contributed by atoms with Crippen molar-refractivity contribution in [3.8, 4) is 11.5 Å². The van der Waals surface area contributed by atoms with Gasteiger partial charge in [-0.05, 0) is 24.8 Å². The number of alkyl halides is 1. The maximum Gasteiger partial charge on any atom is 0.166 e. The van der Waals surface area contributed by atoms with E-state index in [0.717, 1.165) is 53.3 Å². The van der Waals surface area contributed by atoms with Crippen LogP contribution in [-0.2, 0) is 6.42 Å². The maximum atomic E-state index is 6.42. The summed E-state index contributed by atoms with van der Waals surface area (Å²) in [7, 11) is 0. The van der Waals surface area contributed by atoms with Crippen molar-refractivity contribution >= 4 is 23.2 Å². The molecule has 2 nitrogen and oxygen atoms in total. The second kappa shape index (κ2) is 4.58. The molecule has 4 heteroatoms. The monoisotopic (exact) mass is 272 g/mol. The standard InChI is InChI=1S/C13H14Cl2O2/c14-9-4-1-3-8-10(15)7-11-13(12(8)9)17-6-2-5-16-11/h7,9H,1-6H2. The molecule has 1 atom stereocenters. The normalized spacial score (nSPS) is 22.8. The quantitative estimate of drug-likeness (QED) is 0.662. The Labute approximate surface area is 111 Å². The molecule has 92 valence electrons. The second-order valence-electron chi connectivity index (χ2n) is 4.49. The second-order valence-corrected chi connectivity index (χ2v) is 5.42. The minimum Gasteiger partial charge on any atom is -0.489 e. The van der Waals surface area contributed by atoms with Crippen LogP contribution in [0.2, 0.25) is 5.02 Å². The molecule has 3 rings (SSSR count). The molecule has 0 radical (unpaired) electrons. The summed E-state index contributed by atoms with van der Waals surface area (Å²) in [6.45, 7) is 1.36. The zero-order valence-corrected chi connectivity index (χ0v) is 11.0. The van der Waals surface area contributed by atoms with Crippen molar-refractivity contribution < 1.29 is 9.47 Å². The molecule has 0 fully saturated rings. The Morgan fingerprint density at radius 2 is 2.00 bits per heavy atom. The van der Waals surface area contributed by atoms with Gasteiger partial charge in [0.25, 0.3) is 0 Å². The zero-order chi connectivity index (χ0) is 11.8. The van der Waals surface area contributed by atoms with E-state index in [0.29, 0.717) is 13.2 Å². The third-order valence-electron chi connectivity index (χ3n) is 3.33. The summed E-state index contributed by atoms with van der Waals surface area (Å²) in [5, 5.41) is 0.752. The number of ether oxygens (including phenoxy) is 2. The molecular weight excluding hydrogens is 259 g/mol. The fourth-order valence-corrected chi connectivity index (χ4v) is 3.21. The molecule has 0 amide bonds. The van der Waals surface area contributed by atoms with Crippen LogP contribution in [0.25, 0.3) is 0 Å². The van der Waals surface area contributed by atoms with Gasteiger partial charge in [-0.25, -0.2) is 0 Å². The van der Waals surface area contributed by atoms with Crippen LogP contribution >= 0.6 is 23.2 Å². The van der Waals surface area contributed by atoms with Gasteiger partial charge in [0.1, 0.15) is 0 Å². The molecule has 0 saturated heterocycles. The van der Waals surface area contributed by atoms with E-state index in [9.17, 15) is 0 Å². The fourth-order valence-electron chi connectivity index (χ4n) is 2.53. The molecule has 1 unspecified atom stereocenters. The van der Waals surface area contributed by atoms with Crippen molar-refractivity contribution in [2.75, 3.05) is 13.2 Å². The number of hydrogen-bond donors (Lipinski definition) is 0. The van der Waals surface area contributed by atoms with E-state index in [-0.39, 0.29) is 5.38 Å². The topological polar surface area (TPSA) is 18.5 Å². The average Bonchev–Trinajstić information content (AvgIpc) is 2.55. The highest BCUT2D eigenvalue weighted by molar-refractivity contribution is 6.32. The first-order valence-electron chi connectivity index (χ1n) is 6.02. The lowest BCUT2D eigenvalue weighted by Crippen LogP contribution is -2.09. The first-order chi connectivity index (χ1) is 8.27. The van der Waals surface area contributed by atoms with Gasteiger partial charge < -0.3 is 9.47 Å². The van der Waals surface area contributed by atoms with Crippen LogP contribution in [0.15, 0.2) is 6.07 Å². The minimum absolute atomic E-state index is 0.00657. The Bertz CT molecular complexity index is 446. The molecule has 0 bridgehead atoms. The Balaban J connectivity index is 2.18. The summed E-state index contributed by atoms with van der Waals surface area (Å²) in [6, 6.07) is 1.87. The van der Waals surface area contributed by atoms with Gasteiger partial charge in [0.15, 0.2) is 11.5 Å². The molecule has 1 aliphatic carbocycles. The Hall–Kier alpha value is -0.600. The first-order valence-corrected chi connectivity index (χ1v) is 6.84. The predicted molar refractivity (Wildman–Crippen MR) is 68.6 cm³/mol. The highest BCUT2D eigenvalue weighted by Gasteiger charge is 2.28. The van der Waals surface area contributed by atoms with E-state index < -0.39 is 0 Å². The van der Waals surface area contributed by atoms with Crippen molar-refractivity contribution in [1.82, 2.24) is 0 Å². The van der Waals surface area contributed by atoms with Gasteiger partial charge in [-0.1, -0.05) is 11.6 Å². The first kappa shape index (κ1) is 11.5. The van der Waals surface area contributed by atoms with Crippen LogP contribution in [0.5, 0.6) is 11.5 Å². The smallest absolute Gasteiger partial charge is 0.166 e. The van der Waals surface area contributed by atoms with Gasteiger partial charge in [0, 0.05) is 23.1 Å².